The van der Waals surface area contributed by atoms with Crippen molar-refractivity contribution in [1.29, 1.82) is 0 Å². The number of aromatic nitrogens is 1. The molecule has 0 unspecified atom stereocenters. The summed E-state index contributed by atoms with van der Waals surface area (Å²) in [5, 5.41) is 2.90. The van der Waals surface area contributed by atoms with Crippen molar-refractivity contribution in [2.24, 2.45) is 0 Å². The SMILES string of the molecule is Cc1ccc[n+](CC(=O)Nc2ccc(N(C)C)cc2)c1.[Cl-]. The third-order valence-electron chi connectivity index (χ3n) is 3.00. The van der Waals surface area contributed by atoms with Gasteiger partial charge in [-0.15, -0.1) is 0 Å². The number of rotatable bonds is 4. The average molecular weight is 306 g/mol. The molecule has 5 heteroatoms. The molecule has 1 aromatic carbocycles. The summed E-state index contributed by atoms with van der Waals surface area (Å²) < 4.78 is 1.87. The lowest BCUT2D eigenvalue weighted by Crippen LogP contribution is -3.00. The van der Waals surface area contributed by atoms with Crippen LogP contribution < -0.4 is 27.2 Å². The fourth-order valence-corrected chi connectivity index (χ4v) is 1.96. The van der Waals surface area contributed by atoms with Gasteiger partial charge in [0.05, 0.1) is 0 Å². The van der Waals surface area contributed by atoms with Crippen LogP contribution in [0.2, 0.25) is 0 Å². The van der Waals surface area contributed by atoms with E-state index in [1.807, 2.05) is 79.3 Å². The highest BCUT2D eigenvalue weighted by Crippen LogP contribution is 2.15. The molecule has 1 N–H and O–H groups in total. The van der Waals surface area contributed by atoms with Crippen LogP contribution in [0, 0.1) is 6.92 Å². The van der Waals surface area contributed by atoms with E-state index in [0.717, 1.165) is 16.9 Å². The summed E-state index contributed by atoms with van der Waals surface area (Å²) in [5.41, 5.74) is 3.06. The van der Waals surface area contributed by atoms with E-state index in [1.54, 1.807) is 0 Å². The molecule has 0 aliphatic rings. The highest BCUT2D eigenvalue weighted by atomic mass is 35.5. The third-order valence-corrected chi connectivity index (χ3v) is 3.00. The minimum Gasteiger partial charge on any atom is -1.00 e. The van der Waals surface area contributed by atoms with Gasteiger partial charge in [0.15, 0.2) is 12.4 Å². The summed E-state index contributed by atoms with van der Waals surface area (Å²) >= 11 is 0. The van der Waals surface area contributed by atoms with Crippen molar-refractivity contribution in [2.45, 2.75) is 13.5 Å². The Hall–Kier alpha value is -2.07. The lowest BCUT2D eigenvalue weighted by molar-refractivity contribution is -0.684. The second kappa shape index (κ2) is 7.64. The number of anilines is 2. The molecule has 21 heavy (non-hydrogen) atoms. The van der Waals surface area contributed by atoms with Crippen molar-refractivity contribution in [3.63, 3.8) is 0 Å². The highest BCUT2D eigenvalue weighted by molar-refractivity contribution is 5.89. The Bertz CT molecular complexity index is 597. The lowest BCUT2D eigenvalue weighted by atomic mass is 10.2. The molecule has 0 aliphatic heterocycles. The van der Waals surface area contributed by atoms with Crippen molar-refractivity contribution in [2.75, 3.05) is 24.3 Å². The van der Waals surface area contributed by atoms with Crippen LogP contribution >= 0.6 is 0 Å². The molecule has 0 spiro atoms. The largest absolute Gasteiger partial charge is 1.00 e. The zero-order valence-corrected chi connectivity index (χ0v) is 13.3. The maximum atomic E-state index is 12.0. The normalized spacial score (nSPS) is 9.67. The van der Waals surface area contributed by atoms with Crippen molar-refractivity contribution >= 4 is 17.3 Å². The molecule has 0 atom stereocenters. The lowest BCUT2D eigenvalue weighted by Gasteiger charge is -2.12. The fraction of sp³-hybridized carbons (Fsp3) is 0.250. The molecular weight excluding hydrogens is 286 g/mol. The van der Waals surface area contributed by atoms with Crippen LogP contribution in [0.25, 0.3) is 0 Å². The molecule has 0 bridgehead atoms. The molecule has 2 aromatic rings. The van der Waals surface area contributed by atoms with E-state index in [-0.39, 0.29) is 18.3 Å². The van der Waals surface area contributed by atoms with Crippen molar-refractivity contribution < 1.29 is 21.8 Å². The maximum absolute atomic E-state index is 12.0. The molecule has 4 nitrogen and oxygen atoms in total. The van der Waals surface area contributed by atoms with Gasteiger partial charge in [0.2, 0.25) is 6.54 Å². The number of nitrogens with zero attached hydrogens (tertiary/aromatic N) is 2. The molecule has 0 saturated heterocycles. The Morgan fingerprint density at radius 1 is 1.19 bits per heavy atom. The molecule has 0 radical (unpaired) electrons. The summed E-state index contributed by atoms with van der Waals surface area (Å²) in [5.74, 6) is -0.0294. The predicted octanol–water partition coefficient (Wildman–Crippen LogP) is -1.01. The van der Waals surface area contributed by atoms with E-state index in [4.69, 9.17) is 0 Å². The van der Waals surface area contributed by atoms with Gasteiger partial charge >= 0.3 is 0 Å². The predicted molar refractivity (Wildman–Crippen MR) is 80.8 cm³/mol. The summed E-state index contributed by atoms with van der Waals surface area (Å²) in [6.45, 7) is 2.32. The first-order valence-electron chi connectivity index (χ1n) is 6.57. The summed E-state index contributed by atoms with van der Waals surface area (Å²) in [6.07, 6.45) is 3.84. The molecule has 0 fully saturated rings. The van der Waals surface area contributed by atoms with E-state index < -0.39 is 0 Å². The minimum atomic E-state index is -0.0294. The Kier molecular flexibility index (Phi) is 6.18. The van der Waals surface area contributed by atoms with Crippen LogP contribution in [-0.2, 0) is 11.3 Å². The molecule has 1 heterocycles. The van der Waals surface area contributed by atoms with Crippen LogP contribution in [0.1, 0.15) is 5.56 Å². The number of benzene rings is 1. The van der Waals surface area contributed by atoms with Crippen LogP contribution in [0.5, 0.6) is 0 Å². The standard InChI is InChI=1S/C16H19N3O.ClH/c1-13-5-4-10-19(11-13)12-16(20)17-14-6-8-15(9-7-14)18(2)3;/h4-11H,12H2,1-3H3;1H. The van der Waals surface area contributed by atoms with E-state index in [1.165, 1.54) is 0 Å². The molecular formula is C16H20ClN3O. The number of amides is 1. The van der Waals surface area contributed by atoms with Crippen LogP contribution in [0.15, 0.2) is 48.8 Å². The Morgan fingerprint density at radius 3 is 2.43 bits per heavy atom. The van der Waals surface area contributed by atoms with Gasteiger partial charge in [0.25, 0.3) is 5.91 Å². The topological polar surface area (TPSA) is 36.2 Å². The van der Waals surface area contributed by atoms with E-state index in [2.05, 4.69) is 5.32 Å². The third kappa shape index (κ3) is 5.08. The first-order chi connectivity index (χ1) is 9.54. The Labute approximate surface area is 131 Å². The maximum Gasteiger partial charge on any atom is 0.290 e. The number of carbonyl (C=O) groups excluding carboxylic acids is 1. The molecule has 112 valence electrons. The van der Waals surface area contributed by atoms with Gasteiger partial charge in [-0.3, -0.25) is 4.79 Å². The minimum absolute atomic E-state index is 0. The average Bonchev–Trinajstić information content (AvgIpc) is 2.39. The summed E-state index contributed by atoms with van der Waals surface area (Å²) in [7, 11) is 3.98. The molecule has 1 amide bonds. The van der Waals surface area contributed by atoms with Crippen LogP contribution in [0.4, 0.5) is 11.4 Å². The number of nitrogens with one attached hydrogen (secondary N) is 1. The molecule has 0 aliphatic carbocycles. The second-order valence-electron chi connectivity index (χ2n) is 5.04. The number of carbonyl (C=O) groups is 1. The zero-order chi connectivity index (χ0) is 14.5. The van der Waals surface area contributed by atoms with Crippen molar-refractivity contribution in [1.82, 2.24) is 0 Å². The van der Waals surface area contributed by atoms with Crippen LogP contribution in [-0.4, -0.2) is 20.0 Å². The molecule has 0 saturated carbocycles. The number of hydrogen-bond acceptors (Lipinski definition) is 2. The van der Waals surface area contributed by atoms with Gasteiger partial charge < -0.3 is 22.6 Å². The fourth-order valence-electron chi connectivity index (χ4n) is 1.96. The number of aryl methyl sites for hydroxylation is 1. The zero-order valence-electron chi connectivity index (χ0n) is 12.5. The van der Waals surface area contributed by atoms with Crippen molar-refractivity contribution in [3.05, 3.63) is 54.4 Å². The smallest absolute Gasteiger partial charge is 0.290 e. The van der Waals surface area contributed by atoms with Gasteiger partial charge in [0.1, 0.15) is 0 Å². The molecule has 1 aromatic heterocycles. The second-order valence-corrected chi connectivity index (χ2v) is 5.04. The quantitative estimate of drug-likeness (QED) is 0.735. The summed E-state index contributed by atoms with van der Waals surface area (Å²) in [4.78, 5) is 14.0. The molecule has 2 rings (SSSR count). The van der Waals surface area contributed by atoms with E-state index in [0.29, 0.717) is 6.54 Å². The summed E-state index contributed by atoms with van der Waals surface area (Å²) in [6, 6.07) is 11.7. The van der Waals surface area contributed by atoms with Crippen molar-refractivity contribution in [3.8, 4) is 0 Å². The van der Waals surface area contributed by atoms with Gasteiger partial charge in [-0.05, 0) is 37.3 Å². The Morgan fingerprint density at radius 2 is 1.86 bits per heavy atom. The van der Waals surface area contributed by atoms with Crippen LogP contribution in [0.3, 0.4) is 0 Å². The van der Waals surface area contributed by atoms with Gasteiger partial charge in [-0.2, -0.15) is 4.57 Å². The highest BCUT2D eigenvalue weighted by Gasteiger charge is 2.09. The monoisotopic (exact) mass is 305 g/mol. The number of hydrogen-bond donors (Lipinski definition) is 1. The number of pyridine rings is 1. The first kappa shape index (κ1) is 17.0. The number of halogens is 1. The van der Waals surface area contributed by atoms with E-state index in [9.17, 15) is 4.79 Å². The first-order valence-corrected chi connectivity index (χ1v) is 6.57. The Balaban J connectivity index is 0.00000220. The van der Waals surface area contributed by atoms with Gasteiger partial charge in [0, 0.05) is 37.1 Å². The van der Waals surface area contributed by atoms with Gasteiger partial charge in [-0.1, -0.05) is 0 Å². The van der Waals surface area contributed by atoms with Gasteiger partial charge in [-0.25, -0.2) is 0 Å². The van der Waals surface area contributed by atoms with E-state index >= 15 is 0 Å².